The molecule has 0 aliphatic rings. The van der Waals surface area contributed by atoms with Gasteiger partial charge < -0.3 is 0 Å². The molecule has 5 nitrogen and oxygen atoms in total. The molecule has 2 aromatic rings. The maximum absolute atomic E-state index is 10.6. The predicted molar refractivity (Wildman–Crippen MR) is 66.8 cm³/mol. The molecular weight excluding hydrogens is 309 g/mol. The van der Waals surface area contributed by atoms with Crippen LogP contribution in [0.25, 0.3) is 11.3 Å². The molecule has 0 aliphatic carbocycles. The van der Waals surface area contributed by atoms with Crippen LogP contribution in [0.2, 0.25) is 5.02 Å². The lowest BCUT2D eigenvalue weighted by molar-refractivity contribution is -0.385. The van der Waals surface area contributed by atoms with E-state index in [-0.39, 0.29) is 5.69 Å². The van der Waals surface area contributed by atoms with E-state index in [4.69, 9.17) is 11.6 Å². The second-order valence-electron chi connectivity index (χ2n) is 3.14. The number of nitrogens with zero attached hydrogens (tertiary/aromatic N) is 3. The van der Waals surface area contributed by atoms with Gasteiger partial charge in [-0.2, -0.15) is 0 Å². The Hall–Kier alpha value is -1.53. The van der Waals surface area contributed by atoms with Gasteiger partial charge in [0.15, 0.2) is 0 Å². The van der Waals surface area contributed by atoms with E-state index in [0.717, 1.165) is 0 Å². The Labute approximate surface area is 110 Å². The molecule has 2 aromatic heterocycles. The second-order valence-corrected chi connectivity index (χ2v) is 4.40. The fraction of sp³-hybridized carbons (Fsp3) is 0. The summed E-state index contributed by atoms with van der Waals surface area (Å²) < 4.78 is 0.514. The van der Waals surface area contributed by atoms with Gasteiger partial charge in [0.05, 0.1) is 20.1 Å². The first kappa shape index (κ1) is 11.9. The van der Waals surface area contributed by atoms with E-state index in [9.17, 15) is 10.1 Å². The Morgan fingerprint density at radius 1 is 1.41 bits per heavy atom. The zero-order valence-electron chi connectivity index (χ0n) is 8.30. The molecule has 0 saturated heterocycles. The molecule has 2 heterocycles. The van der Waals surface area contributed by atoms with Crippen LogP contribution in [-0.4, -0.2) is 14.9 Å². The van der Waals surface area contributed by atoms with E-state index in [1.54, 1.807) is 12.3 Å². The molecule has 0 amide bonds. The van der Waals surface area contributed by atoms with Crippen LogP contribution >= 0.6 is 27.5 Å². The molecule has 0 bridgehead atoms. The van der Waals surface area contributed by atoms with Crippen LogP contribution in [0.4, 0.5) is 5.69 Å². The van der Waals surface area contributed by atoms with Crippen molar-refractivity contribution in [2.75, 3.05) is 0 Å². The van der Waals surface area contributed by atoms with E-state index in [1.807, 2.05) is 0 Å². The van der Waals surface area contributed by atoms with Crippen molar-refractivity contribution in [3.63, 3.8) is 0 Å². The van der Waals surface area contributed by atoms with Gasteiger partial charge >= 0.3 is 0 Å². The average molecular weight is 315 g/mol. The fourth-order valence-corrected chi connectivity index (χ4v) is 2.05. The highest BCUT2D eigenvalue weighted by molar-refractivity contribution is 9.10. The van der Waals surface area contributed by atoms with Gasteiger partial charge in [0, 0.05) is 24.0 Å². The normalized spacial score (nSPS) is 10.2. The van der Waals surface area contributed by atoms with Crippen molar-refractivity contribution in [3.8, 4) is 11.3 Å². The Balaban J connectivity index is 2.55. The second kappa shape index (κ2) is 4.77. The van der Waals surface area contributed by atoms with Crippen LogP contribution in [0.3, 0.4) is 0 Å². The third-order valence-electron chi connectivity index (χ3n) is 2.07. The van der Waals surface area contributed by atoms with Crippen LogP contribution in [0, 0.1) is 10.1 Å². The quantitative estimate of drug-likeness (QED) is 0.628. The largest absolute Gasteiger partial charge is 0.288 e. The van der Waals surface area contributed by atoms with Crippen LogP contribution in [0.5, 0.6) is 0 Å². The number of hydrogen-bond acceptors (Lipinski definition) is 4. The molecule has 0 spiro atoms. The molecule has 0 saturated carbocycles. The van der Waals surface area contributed by atoms with Gasteiger partial charge in [0.1, 0.15) is 6.20 Å². The zero-order chi connectivity index (χ0) is 12.4. The minimum atomic E-state index is -0.504. The maximum atomic E-state index is 10.6. The minimum absolute atomic E-state index is 0.0780. The number of aromatic nitrogens is 2. The summed E-state index contributed by atoms with van der Waals surface area (Å²) in [6, 6.07) is 3.08. The van der Waals surface area contributed by atoms with Gasteiger partial charge in [-0.15, -0.1) is 0 Å². The lowest BCUT2D eigenvalue weighted by atomic mass is 10.2. The molecule has 0 N–H and O–H groups in total. The van der Waals surface area contributed by atoms with Crippen molar-refractivity contribution in [1.82, 2.24) is 9.97 Å². The van der Waals surface area contributed by atoms with E-state index < -0.39 is 4.92 Å². The Kier molecular flexibility index (Phi) is 3.35. The van der Waals surface area contributed by atoms with E-state index in [2.05, 4.69) is 25.9 Å². The molecule has 2 rings (SSSR count). The molecule has 7 heteroatoms. The first-order chi connectivity index (χ1) is 8.09. The van der Waals surface area contributed by atoms with Crippen molar-refractivity contribution in [1.29, 1.82) is 0 Å². The molecule has 0 unspecified atom stereocenters. The summed E-state index contributed by atoms with van der Waals surface area (Å²) in [6.45, 7) is 0. The van der Waals surface area contributed by atoms with Crippen molar-refractivity contribution in [2.45, 2.75) is 0 Å². The van der Waals surface area contributed by atoms with Crippen molar-refractivity contribution >= 4 is 33.2 Å². The van der Waals surface area contributed by atoms with E-state index in [0.29, 0.717) is 20.8 Å². The van der Waals surface area contributed by atoms with Gasteiger partial charge in [0.2, 0.25) is 0 Å². The Morgan fingerprint density at radius 2 is 2.18 bits per heavy atom. The fourth-order valence-electron chi connectivity index (χ4n) is 1.29. The van der Waals surface area contributed by atoms with Gasteiger partial charge in [-0.25, -0.2) is 4.98 Å². The molecular formula is C10H5BrClN3O2. The Morgan fingerprint density at radius 3 is 2.76 bits per heavy atom. The summed E-state index contributed by atoms with van der Waals surface area (Å²) in [6.07, 6.45) is 4.26. The summed E-state index contributed by atoms with van der Waals surface area (Å²) in [4.78, 5) is 18.0. The molecule has 0 fully saturated rings. The molecule has 17 heavy (non-hydrogen) atoms. The third kappa shape index (κ3) is 2.42. The number of rotatable bonds is 2. The van der Waals surface area contributed by atoms with Crippen LogP contribution in [0.1, 0.15) is 0 Å². The highest BCUT2D eigenvalue weighted by Crippen LogP contribution is 2.32. The highest BCUT2D eigenvalue weighted by atomic mass is 79.9. The standard InChI is InChI=1S/C10H5BrClN3O2/c11-8-3-6(15(16)17)4-14-10(8)7-1-2-13-5-9(7)12/h1-5H. The van der Waals surface area contributed by atoms with Crippen LogP contribution in [-0.2, 0) is 0 Å². The lowest BCUT2D eigenvalue weighted by Gasteiger charge is -2.04. The minimum Gasteiger partial charge on any atom is -0.263 e. The predicted octanol–water partition coefficient (Wildman–Crippen LogP) is 3.47. The number of nitro groups is 1. The SMILES string of the molecule is O=[N+]([O-])c1cnc(-c2ccncc2Cl)c(Br)c1. The molecule has 86 valence electrons. The van der Waals surface area contributed by atoms with Gasteiger partial charge in [-0.1, -0.05) is 11.6 Å². The average Bonchev–Trinajstić information content (AvgIpc) is 2.30. The first-order valence-corrected chi connectivity index (χ1v) is 5.66. The summed E-state index contributed by atoms with van der Waals surface area (Å²) in [5.41, 5.74) is 1.14. The molecule has 0 aliphatic heterocycles. The van der Waals surface area contributed by atoms with Crippen LogP contribution in [0.15, 0.2) is 35.2 Å². The maximum Gasteiger partial charge on any atom is 0.288 e. The number of pyridine rings is 2. The zero-order valence-corrected chi connectivity index (χ0v) is 10.6. The van der Waals surface area contributed by atoms with Crippen LogP contribution < -0.4 is 0 Å². The van der Waals surface area contributed by atoms with E-state index in [1.165, 1.54) is 18.5 Å². The summed E-state index contributed by atoms with van der Waals surface area (Å²) in [5, 5.41) is 11.0. The van der Waals surface area contributed by atoms with Gasteiger partial charge in [0.25, 0.3) is 5.69 Å². The molecule has 0 radical (unpaired) electrons. The summed E-state index contributed by atoms with van der Waals surface area (Å²) in [7, 11) is 0. The molecule has 0 atom stereocenters. The topological polar surface area (TPSA) is 68.9 Å². The number of halogens is 2. The van der Waals surface area contributed by atoms with Crippen molar-refractivity contribution in [3.05, 3.63) is 50.3 Å². The first-order valence-electron chi connectivity index (χ1n) is 4.49. The Bertz CT molecular complexity index is 592. The lowest BCUT2D eigenvalue weighted by Crippen LogP contribution is -1.92. The van der Waals surface area contributed by atoms with Gasteiger partial charge in [-0.05, 0) is 22.0 Å². The van der Waals surface area contributed by atoms with E-state index >= 15 is 0 Å². The molecule has 0 aromatic carbocycles. The van der Waals surface area contributed by atoms with Crippen molar-refractivity contribution in [2.24, 2.45) is 0 Å². The summed E-state index contributed by atoms with van der Waals surface area (Å²) in [5.74, 6) is 0. The van der Waals surface area contributed by atoms with Crippen molar-refractivity contribution < 1.29 is 4.92 Å². The highest BCUT2D eigenvalue weighted by Gasteiger charge is 2.13. The summed E-state index contributed by atoms with van der Waals surface area (Å²) >= 11 is 9.22. The third-order valence-corrected chi connectivity index (χ3v) is 2.97. The van der Waals surface area contributed by atoms with Gasteiger partial charge in [-0.3, -0.25) is 15.1 Å². The monoisotopic (exact) mass is 313 g/mol. The smallest absolute Gasteiger partial charge is 0.263 e. The number of hydrogen-bond donors (Lipinski definition) is 0.